The third-order valence-corrected chi connectivity index (χ3v) is 3.72. The van der Waals surface area contributed by atoms with Gasteiger partial charge in [-0.3, -0.25) is 0 Å². The Balaban J connectivity index is 3.29. The lowest BCUT2D eigenvalue weighted by Gasteiger charge is -2.13. The molecule has 1 aromatic rings. The van der Waals surface area contributed by atoms with Crippen LogP contribution in [-0.4, -0.2) is 26.3 Å². The third kappa shape index (κ3) is 2.18. The molecule has 0 saturated carbocycles. The highest BCUT2D eigenvalue weighted by atomic mass is 32.2. The Morgan fingerprint density at radius 3 is 2.62 bits per heavy atom. The van der Waals surface area contributed by atoms with Crippen LogP contribution in [0, 0.1) is 23.0 Å². The number of halogens is 2. The van der Waals surface area contributed by atoms with Gasteiger partial charge < -0.3 is 0 Å². The molecule has 0 aliphatic heterocycles. The average Bonchev–Trinajstić information content (AvgIpc) is 2.22. The maximum atomic E-state index is 13.2. The molecule has 0 atom stereocenters. The molecule has 0 radical (unpaired) electrons. The summed E-state index contributed by atoms with van der Waals surface area (Å²) in [6.45, 7) is -0.432. The fraction of sp³-hybridized carbons (Fsp3) is 0.222. The van der Waals surface area contributed by atoms with Crippen LogP contribution in [0.25, 0.3) is 0 Å². The zero-order valence-corrected chi connectivity index (χ0v) is 9.13. The van der Waals surface area contributed by atoms with Crippen LogP contribution in [0.3, 0.4) is 0 Å². The van der Waals surface area contributed by atoms with Crippen molar-refractivity contribution in [2.75, 3.05) is 13.6 Å². The van der Waals surface area contributed by atoms with E-state index in [1.54, 1.807) is 6.07 Å². The van der Waals surface area contributed by atoms with Crippen LogP contribution in [0.1, 0.15) is 0 Å². The minimum atomic E-state index is -4.16. The van der Waals surface area contributed by atoms with Crippen molar-refractivity contribution in [3.63, 3.8) is 0 Å². The van der Waals surface area contributed by atoms with Gasteiger partial charge in [0.15, 0.2) is 11.6 Å². The van der Waals surface area contributed by atoms with Gasteiger partial charge in [0.05, 0.1) is 6.07 Å². The number of rotatable bonds is 3. The van der Waals surface area contributed by atoms with E-state index in [0.29, 0.717) is 4.31 Å². The first-order valence-corrected chi connectivity index (χ1v) is 5.62. The second-order valence-electron chi connectivity index (χ2n) is 2.97. The minimum Gasteiger partial charge on any atom is -0.207 e. The van der Waals surface area contributed by atoms with Gasteiger partial charge in [-0.15, -0.1) is 0 Å². The first-order chi connectivity index (χ1) is 7.41. The van der Waals surface area contributed by atoms with Crippen LogP contribution in [0.4, 0.5) is 8.78 Å². The van der Waals surface area contributed by atoms with Gasteiger partial charge in [0.25, 0.3) is 0 Å². The molecule has 0 spiro atoms. The van der Waals surface area contributed by atoms with Crippen LogP contribution in [0.5, 0.6) is 0 Å². The van der Waals surface area contributed by atoms with Crippen LogP contribution >= 0.6 is 0 Å². The van der Waals surface area contributed by atoms with E-state index >= 15 is 0 Å². The maximum absolute atomic E-state index is 13.2. The lowest BCUT2D eigenvalue weighted by molar-refractivity contribution is 0.465. The second-order valence-corrected chi connectivity index (χ2v) is 4.98. The van der Waals surface area contributed by atoms with Crippen LogP contribution in [0.15, 0.2) is 23.1 Å². The zero-order valence-electron chi connectivity index (χ0n) is 8.31. The van der Waals surface area contributed by atoms with Gasteiger partial charge in [0.2, 0.25) is 10.0 Å². The number of nitrogens with zero attached hydrogens (tertiary/aromatic N) is 2. The van der Waals surface area contributed by atoms with E-state index in [1.807, 2.05) is 0 Å². The molecule has 4 nitrogen and oxygen atoms in total. The molecule has 0 aliphatic carbocycles. The highest BCUT2D eigenvalue weighted by Crippen LogP contribution is 2.19. The summed E-state index contributed by atoms with van der Waals surface area (Å²) < 4.78 is 50.0. The quantitative estimate of drug-likeness (QED) is 0.750. The van der Waals surface area contributed by atoms with E-state index in [4.69, 9.17) is 5.26 Å². The fourth-order valence-electron chi connectivity index (χ4n) is 1.04. The summed E-state index contributed by atoms with van der Waals surface area (Å²) in [5.74, 6) is -2.68. The molecule has 86 valence electrons. The van der Waals surface area contributed by atoms with Crippen LogP contribution < -0.4 is 0 Å². The Bertz CT molecular complexity index is 537. The normalized spacial score (nSPS) is 11.4. The number of hydrogen-bond donors (Lipinski definition) is 0. The van der Waals surface area contributed by atoms with E-state index in [2.05, 4.69) is 0 Å². The van der Waals surface area contributed by atoms with Gasteiger partial charge in [-0.2, -0.15) is 9.57 Å². The SMILES string of the molecule is CN(CC#N)S(=O)(=O)c1cccc(F)c1F. The summed E-state index contributed by atoms with van der Waals surface area (Å²) in [7, 11) is -3.04. The van der Waals surface area contributed by atoms with Gasteiger partial charge in [-0.05, 0) is 12.1 Å². The summed E-state index contributed by atoms with van der Waals surface area (Å²) in [6.07, 6.45) is 0. The summed E-state index contributed by atoms with van der Waals surface area (Å²) in [6, 6.07) is 4.46. The molecule has 0 heterocycles. The van der Waals surface area contributed by atoms with Crippen molar-refractivity contribution in [1.82, 2.24) is 4.31 Å². The van der Waals surface area contributed by atoms with Crippen LogP contribution in [0.2, 0.25) is 0 Å². The fourth-order valence-corrected chi connectivity index (χ4v) is 2.17. The van der Waals surface area contributed by atoms with Crippen molar-refractivity contribution in [2.45, 2.75) is 4.90 Å². The Hall–Kier alpha value is -1.52. The number of nitriles is 1. The van der Waals surface area contributed by atoms with E-state index in [0.717, 1.165) is 25.2 Å². The smallest absolute Gasteiger partial charge is 0.207 e. The molecule has 0 unspecified atom stereocenters. The zero-order chi connectivity index (χ0) is 12.3. The van der Waals surface area contributed by atoms with Crippen LogP contribution in [-0.2, 0) is 10.0 Å². The molecular formula is C9H8F2N2O2S. The van der Waals surface area contributed by atoms with Gasteiger partial charge >= 0.3 is 0 Å². The molecule has 0 aromatic heterocycles. The van der Waals surface area contributed by atoms with Gasteiger partial charge in [-0.25, -0.2) is 17.2 Å². The topological polar surface area (TPSA) is 61.2 Å². The van der Waals surface area contributed by atoms with Crippen molar-refractivity contribution in [3.05, 3.63) is 29.8 Å². The Labute approximate surface area is 91.8 Å². The lowest BCUT2D eigenvalue weighted by atomic mass is 10.3. The summed E-state index contributed by atoms with van der Waals surface area (Å²) in [4.78, 5) is -0.773. The van der Waals surface area contributed by atoms with E-state index < -0.39 is 33.1 Å². The number of sulfonamides is 1. The summed E-state index contributed by atoms with van der Waals surface area (Å²) in [5, 5.41) is 8.35. The summed E-state index contributed by atoms with van der Waals surface area (Å²) >= 11 is 0. The predicted molar refractivity (Wildman–Crippen MR) is 51.8 cm³/mol. The second kappa shape index (κ2) is 4.55. The van der Waals surface area contributed by atoms with Crippen molar-refractivity contribution in [3.8, 4) is 6.07 Å². The molecule has 0 N–H and O–H groups in total. The van der Waals surface area contributed by atoms with Gasteiger partial charge in [0, 0.05) is 7.05 Å². The van der Waals surface area contributed by atoms with E-state index in [-0.39, 0.29) is 0 Å². The molecular weight excluding hydrogens is 238 g/mol. The average molecular weight is 246 g/mol. The van der Waals surface area contributed by atoms with E-state index in [1.165, 1.54) is 0 Å². The molecule has 0 aliphatic rings. The first-order valence-electron chi connectivity index (χ1n) is 4.18. The molecule has 7 heteroatoms. The lowest BCUT2D eigenvalue weighted by Crippen LogP contribution is -2.28. The molecule has 1 rings (SSSR count). The first kappa shape index (κ1) is 12.5. The maximum Gasteiger partial charge on any atom is 0.246 e. The van der Waals surface area contributed by atoms with Crippen molar-refractivity contribution < 1.29 is 17.2 Å². The van der Waals surface area contributed by atoms with Crippen molar-refractivity contribution in [1.29, 1.82) is 5.26 Å². The number of hydrogen-bond acceptors (Lipinski definition) is 3. The Kier molecular flexibility index (Phi) is 3.57. The molecule has 0 bridgehead atoms. The molecule has 0 saturated heterocycles. The molecule has 0 amide bonds. The Morgan fingerprint density at radius 2 is 2.06 bits per heavy atom. The monoisotopic (exact) mass is 246 g/mol. The standard InChI is InChI=1S/C9H8F2N2O2S/c1-13(6-5-12)16(14,15)8-4-2-3-7(10)9(8)11/h2-4H,6H2,1H3. The Morgan fingerprint density at radius 1 is 1.44 bits per heavy atom. The largest absolute Gasteiger partial charge is 0.246 e. The van der Waals surface area contributed by atoms with Crippen molar-refractivity contribution in [2.24, 2.45) is 0 Å². The van der Waals surface area contributed by atoms with Gasteiger partial charge in [0.1, 0.15) is 11.4 Å². The highest BCUT2D eigenvalue weighted by molar-refractivity contribution is 7.89. The van der Waals surface area contributed by atoms with Crippen molar-refractivity contribution >= 4 is 10.0 Å². The number of benzene rings is 1. The minimum absolute atomic E-state index is 0.432. The third-order valence-electron chi connectivity index (χ3n) is 1.90. The predicted octanol–water partition coefficient (Wildman–Crippen LogP) is 1.11. The molecule has 1 aromatic carbocycles. The highest BCUT2D eigenvalue weighted by Gasteiger charge is 2.25. The van der Waals surface area contributed by atoms with E-state index in [9.17, 15) is 17.2 Å². The molecule has 16 heavy (non-hydrogen) atoms. The summed E-state index contributed by atoms with van der Waals surface area (Å²) in [5.41, 5.74) is 0. The van der Waals surface area contributed by atoms with Gasteiger partial charge in [-0.1, -0.05) is 6.07 Å². The molecule has 0 fully saturated rings.